The molecule has 0 fully saturated rings. The maximum atomic E-state index is 11.5. The minimum Gasteiger partial charge on any atom is -0.425 e. The van der Waals surface area contributed by atoms with E-state index in [0.717, 1.165) is 24.6 Å². The molecule has 0 aliphatic rings. The Kier molecular flexibility index (Phi) is 6.93. The van der Waals surface area contributed by atoms with E-state index in [0.29, 0.717) is 17.2 Å². The average molecular weight is 340 g/mol. The van der Waals surface area contributed by atoms with Crippen LogP contribution in [0.3, 0.4) is 0 Å². The van der Waals surface area contributed by atoms with Gasteiger partial charge < -0.3 is 4.74 Å². The maximum absolute atomic E-state index is 11.5. The van der Waals surface area contributed by atoms with Crippen LogP contribution in [0.5, 0.6) is 5.75 Å². The van der Waals surface area contributed by atoms with Crippen LogP contribution in [-0.4, -0.2) is 11.3 Å². The first-order chi connectivity index (χ1) is 8.15. The first-order valence-electron chi connectivity index (χ1n) is 5.36. The van der Waals surface area contributed by atoms with Crippen molar-refractivity contribution in [3.63, 3.8) is 0 Å². The van der Waals surface area contributed by atoms with Crippen molar-refractivity contribution in [2.24, 2.45) is 0 Å². The standard InChI is InChI=1S/C12H13BrCl2O2/c13-8-3-1-2-7-11(16)17-10-6-4-5-9(14)12(10)15/h4-6H,1-3,7-8H2. The Morgan fingerprint density at radius 3 is 2.71 bits per heavy atom. The number of carbonyl (C=O) groups excluding carboxylic acids is 1. The number of halogens is 3. The summed E-state index contributed by atoms with van der Waals surface area (Å²) in [6.45, 7) is 0. The van der Waals surface area contributed by atoms with Crippen LogP contribution >= 0.6 is 39.1 Å². The van der Waals surface area contributed by atoms with Crippen molar-refractivity contribution in [3.8, 4) is 5.75 Å². The molecule has 0 unspecified atom stereocenters. The topological polar surface area (TPSA) is 26.3 Å². The Hall–Kier alpha value is -0.250. The number of unbranched alkanes of at least 4 members (excludes halogenated alkanes) is 2. The van der Waals surface area contributed by atoms with Gasteiger partial charge in [-0.05, 0) is 25.0 Å². The molecule has 0 amide bonds. The number of esters is 1. The van der Waals surface area contributed by atoms with E-state index < -0.39 is 0 Å². The zero-order chi connectivity index (χ0) is 12.7. The Morgan fingerprint density at radius 1 is 1.24 bits per heavy atom. The minimum absolute atomic E-state index is 0.274. The zero-order valence-electron chi connectivity index (χ0n) is 9.22. The molecule has 1 rings (SSSR count). The van der Waals surface area contributed by atoms with Crippen molar-refractivity contribution in [1.29, 1.82) is 0 Å². The van der Waals surface area contributed by atoms with Crippen LogP contribution in [0, 0.1) is 0 Å². The molecule has 0 atom stereocenters. The minimum atomic E-state index is -0.274. The van der Waals surface area contributed by atoms with Crippen LogP contribution in [-0.2, 0) is 4.79 Å². The summed E-state index contributed by atoms with van der Waals surface area (Å²) in [5.74, 6) is 0.0494. The molecule has 5 heteroatoms. The van der Waals surface area contributed by atoms with Crippen molar-refractivity contribution in [3.05, 3.63) is 28.2 Å². The van der Waals surface area contributed by atoms with Gasteiger partial charge in [0.1, 0.15) is 5.02 Å². The number of rotatable bonds is 6. The van der Waals surface area contributed by atoms with Crippen molar-refractivity contribution < 1.29 is 9.53 Å². The van der Waals surface area contributed by atoms with E-state index in [4.69, 9.17) is 27.9 Å². The first kappa shape index (κ1) is 14.8. The first-order valence-corrected chi connectivity index (χ1v) is 7.23. The van der Waals surface area contributed by atoms with Gasteiger partial charge in [-0.25, -0.2) is 0 Å². The monoisotopic (exact) mass is 338 g/mol. The number of hydrogen-bond donors (Lipinski definition) is 0. The molecule has 0 bridgehead atoms. The number of ether oxygens (including phenoxy) is 1. The lowest BCUT2D eigenvalue weighted by Crippen LogP contribution is -2.07. The Labute approximate surface area is 119 Å². The van der Waals surface area contributed by atoms with Crippen LogP contribution in [0.15, 0.2) is 18.2 Å². The third-order valence-corrected chi connectivity index (χ3v) is 3.52. The third kappa shape index (κ3) is 5.28. The van der Waals surface area contributed by atoms with Crippen molar-refractivity contribution in [1.82, 2.24) is 0 Å². The molecule has 0 aliphatic carbocycles. The fraction of sp³-hybridized carbons (Fsp3) is 0.417. The van der Waals surface area contributed by atoms with Gasteiger partial charge in [0, 0.05) is 11.8 Å². The van der Waals surface area contributed by atoms with Gasteiger partial charge in [0.2, 0.25) is 0 Å². The smallest absolute Gasteiger partial charge is 0.311 e. The second-order valence-corrected chi connectivity index (χ2v) is 5.10. The number of alkyl halides is 1. The highest BCUT2D eigenvalue weighted by Gasteiger charge is 2.10. The van der Waals surface area contributed by atoms with Crippen LogP contribution in [0.2, 0.25) is 10.0 Å². The molecule has 94 valence electrons. The maximum Gasteiger partial charge on any atom is 0.311 e. The molecule has 1 aromatic carbocycles. The summed E-state index contributed by atoms with van der Waals surface area (Å²) >= 11 is 15.1. The van der Waals surface area contributed by atoms with Gasteiger partial charge in [0.15, 0.2) is 5.75 Å². The number of hydrogen-bond acceptors (Lipinski definition) is 2. The van der Waals surface area contributed by atoms with E-state index in [1.807, 2.05) is 0 Å². The summed E-state index contributed by atoms with van der Waals surface area (Å²) in [5.41, 5.74) is 0. The molecule has 0 heterocycles. The molecule has 17 heavy (non-hydrogen) atoms. The highest BCUT2D eigenvalue weighted by atomic mass is 79.9. The quantitative estimate of drug-likeness (QED) is 0.320. The van der Waals surface area contributed by atoms with Gasteiger partial charge in [-0.2, -0.15) is 0 Å². The van der Waals surface area contributed by atoms with Crippen molar-refractivity contribution in [2.45, 2.75) is 25.7 Å². The van der Waals surface area contributed by atoms with E-state index in [-0.39, 0.29) is 11.0 Å². The molecule has 2 nitrogen and oxygen atoms in total. The van der Waals surface area contributed by atoms with E-state index in [1.165, 1.54) is 0 Å². The van der Waals surface area contributed by atoms with Crippen LogP contribution in [0.25, 0.3) is 0 Å². The van der Waals surface area contributed by atoms with E-state index >= 15 is 0 Å². The van der Waals surface area contributed by atoms with Gasteiger partial charge in [-0.3, -0.25) is 4.79 Å². The summed E-state index contributed by atoms with van der Waals surface area (Å²) in [4.78, 5) is 11.5. The molecule has 0 saturated heterocycles. The second kappa shape index (κ2) is 7.96. The molecule has 0 radical (unpaired) electrons. The summed E-state index contributed by atoms with van der Waals surface area (Å²) in [6.07, 6.45) is 3.29. The molecule has 0 saturated carbocycles. The largest absolute Gasteiger partial charge is 0.425 e. The highest BCUT2D eigenvalue weighted by Crippen LogP contribution is 2.31. The summed E-state index contributed by atoms with van der Waals surface area (Å²) in [6, 6.07) is 4.98. The van der Waals surface area contributed by atoms with E-state index in [2.05, 4.69) is 15.9 Å². The van der Waals surface area contributed by atoms with Crippen LogP contribution in [0.4, 0.5) is 0 Å². The molecule has 0 N–H and O–H groups in total. The highest BCUT2D eigenvalue weighted by molar-refractivity contribution is 9.09. The normalized spacial score (nSPS) is 10.3. The van der Waals surface area contributed by atoms with Gasteiger partial charge in [0.05, 0.1) is 5.02 Å². The lowest BCUT2D eigenvalue weighted by atomic mass is 10.2. The van der Waals surface area contributed by atoms with Gasteiger partial charge >= 0.3 is 5.97 Å². The molecule has 0 aliphatic heterocycles. The van der Waals surface area contributed by atoms with Crippen LogP contribution < -0.4 is 4.74 Å². The predicted octanol–water partition coefficient (Wildman–Crippen LogP) is 4.85. The van der Waals surface area contributed by atoms with Crippen molar-refractivity contribution >= 4 is 45.1 Å². The molecular formula is C12H13BrCl2O2. The van der Waals surface area contributed by atoms with E-state index in [1.54, 1.807) is 18.2 Å². The molecular weight excluding hydrogens is 327 g/mol. The average Bonchev–Trinajstić information content (AvgIpc) is 2.31. The summed E-state index contributed by atoms with van der Waals surface area (Å²) < 4.78 is 5.14. The lowest BCUT2D eigenvalue weighted by molar-refractivity contribution is -0.134. The molecule has 0 aromatic heterocycles. The summed E-state index contributed by atoms with van der Waals surface area (Å²) in [7, 11) is 0. The second-order valence-electron chi connectivity index (χ2n) is 3.53. The Bertz CT molecular complexity index is 383. The fourth-order valence-electron chi connectivity index (χ4n) is 1.28. The molecule has 0 spiro atoms. The summed E-state index contributed by atoms with van der Waals surface area (Å²) in [5, 5.41) is 1.63. The van der Waals surface area contributed by atoms with E-state index in [9.17, 15) is 4.79 Å². The third-order valence-electron chi connectivity index (χ3n) is 2.15. The number of carbonyl (C=O) groups is 1. The Morgan fingerprint density at radius 2 is 2.00 bits per heavy atom. The van der Waals surface area contributed by atoms with Crippen LogP contribution in [0.1, 0.15) is 25.7 Å². The SMILES string of the molecule is O=C(CCCCCBr)Oc1cccc(Cl)c1Cl. The van der Waals surface area contributed by atoms with Gasteiger partial charge in [0.25, 0.3) is 0 Å². The van der Waals surface area contributed by atoms with Gasteiger partial charge in [-0.1, -0.05) is 51.6 Å². The molecule has 1 aromatic rings. The van der Waals surface area contributed by atoms with Crippen molar-refractivity contribution in [2.75, 3.05) is 5.33 Å². The zero-order valence-corrected chi connectivity index (χ0v) is 12.3. The van der Waals surface area contributed by atoms with Gasteiger partial charge in [-0.15, -0.1) is 0 Å². The Balaban J connectivity index is 2.43. The predicted molar refractivity (Wildman–Crippen MR) is 74.4 cm³/mol. The lowest BCUT2D eigenvalue weighted by Gasteiger charge is -2.06. The number of benzene rings is 1. The fourth-order valence-corrected chi connectivity index (χ4v) is 2.00.